The minimum atomic E-state index is -3.93. The molecule has 0 atom stereocenters. The number of aryl methyl sites for hydroxylation is 2. The second-order valence-electron chi connectivity index (χ2n) is 7.06. The minimum Gasteiger partial charge on any atom is -0.326 e. The van der Waals surface area contributed by atoms with Crippen LogP contribution in [0, 0.1) is 31.4 Å². The zero-order valence-corrected chi connectivity index (χ0v) is 16.5. The second-order valence-corrected chi connectivity index (χ2v) is 9.00. The number of hydrogen-bond donors (Lipinski definition) is 1. The van der Waals surface area contributed by atoms with Crippen LogP contribution >= 0.6 is 0 Å². The predicted molar refractivity (Wildman–Crippen MR) is 102 cm³/mol. The van der Waals surface area contributed by atoms with E-state index in [2.05, 4.69) is 5.32 Å². The van der Waals surface area contributed by atoms with Crippen LogP contribution in [0.15, 0.2) is 41.3 Å². The summed E-state index contributed by atoms with van der Waals surface area (Å²) in [5.74, 6) is -2.75. The van der Waals surface area contributed by atoms with Gasteiger partial charge in [0.2, 0.25) is 15.9 Å². The largest absolute Gasteiger partial charge is 0.326 e. The highest BCUT2D eigenvalue weighted by Crippen LogP contribution is 2.26. The van der Waals surface area contributed by atoms with Crippen molar-refractivity contribution in [1.29, 1.82) is 0 Å². The van der Waals surface area contributed by atoms with Crippen molar-refractivity contribution in [2.45, 2.75) is 31.6 Å². The van der Waals surface area contributed by atoms with Gasteiger partial charge in [0.05, 0.1) is 4.90 Å². The van der Waals surface area contributed by atoms with E-state index in [1.807, 2.05) is 32.0 Å². The molecular formula is C20H22F2N2O3S. The van der Waals surface area contributed by atoms with Gasteiger partial charge in [0.15, 0.2) is 11.6 Å². The topological polar surface area (TPSA) is 66.5 Å². The van der Waals surface area contributed by atoms with Crippen molar-refractivity contribution in [3.8, 4) is 0 Å². The van der Waals surface area contributed by atoms with E-state index in [1.165, 1.54) is 4.31 Å². The van der Waals surface area contributed by atoms with E-state index < -0.39 is 21.7 Å². The number of carbonyl (C=O) groups excluding carboxylic acids is 1. The van der Waals surface area contributed by atoms with Crippen molar-refractivity contribution < 1.29 is 22.0 Å². The number of nitrogens with zero attached hydrogens (tertiary/aromatic N) is 1. The molecule has 0 saturated carbocycles. The van der Waals surface area contributed by atoms with Crippen molar-refractivity contribution in [3.05, 3.63) is 59.2 Å². The molecule has 0 spiro atoms. The first kappa shape index (κ1) is 20.4. The molecule has 0 unspecified atom stereocenters. The van der Waals surface area contributed by atoms with E-state index in [0.29, 0.717) is 18.9 Å². The molecule has 2 aromatic carbocycles. The SMILES string of the molecule is Cc1ccc(NC(=O)C2CCN(S(=O)(=O)c3ccc(F)c(F)c3)CC2)c(C)c1. The number of piperidine rings is 1. The van der Waals surface area contributed by atoms with E-state index in [4.69, 9.17) is 0 Å². The number of carbonyl (C=O) groups is 1. The number of benzene rings is 2. The van der Waals surface area contributed by atoms with Gasteiger partial charge in [-0.1, -0.05) is 17.7 Å². The Labute approximate surface area is 163 Å². The molecular weight excluding hydrogens is 386 g/mol. The maximum absolute atomic E-state index is 13.4. The van der Waals surface area contributed by atoms with Gasteiger partial charge in [-0.05, 0) is 56.5 Å². The summed E-state index contributed by atoms with van der Waals surface area (Å²) in [6.45, 7) is 4.18. The van der Waals surface area contributed by atoms with Crippen LogP contribution in [-0.4, -0.2) is 31.7 Å². The molecule has 3 rings (SSSR count). The molecule has 1 aliphatic heterocycles. The molecule has 0 bridgehead atoms. The fraction of sp³-hybridized carbons (Fsp3) is 0.350. The maximum Gasteiger partial charge on any atom is 0.243 e. The van der Waals surface area contributed by atoms with Crippen LogP contribution in [0.4, 0.5) is 14.5 Å². The lowest BCUT2D eigenvalue weighted by atomic mass is 9.97. The number of nitrogens with one attached hydrogen (secondary N) is 1. The molecule has 1 fully saturated rings. The van der Waals surface area contributed by atoms with E-state index in [1.54, 1.807) is 0 Å². The number of halogens is 2. The Hall–Kier alpha value is -2.32. The Kier molecular flexibility index (Phi) is 5.81. The van der Waals surface area contributed by atoms with Crippen LogP contribution in [0.3, 0.4) is 0 Å². The number of hydrogen-bond acceptors (Lipinski definition) is 3. The summed E-state index contributed by atoms with van der Waals surface area (Å²) < 4.78 is 52.9. The highest BCUT2D eigenvalue weighted by molar-refractivity contribution is 7.89. The molecule has 28 heavy (non-hydrogen) atoms. The molecule has 150 valence electrons. The first-order valence-corrected chi connectivity index (χ1v) is 10.5. The highest BCUT2D eigenvalue weighted by atomic mass is 32.2. The lowest BCUT2D eigenvalue weighted by molar-refractivity contribution is -0.120. The van der Waals surface area contributed by atoms with Gasteiger partial charge in [-0.2, -0.15) is 4.31 Å². The van der Waals surface area contributed by atoms with Gasteiger partial charge in [0.1, 0.15) is 0 Å². The van der Waals surface area contributed by atoms with Gasteiger partial charge < -0.3 is 5.32 Å². The average Bonchev–Trinajstić information content (AvgIpc) is 2.66. The zero-order valence-electron chi connectivity index (χ0n) is 15.7. The van der Waals surface area contributed by atoms with E-state index in [0.717, 1.165) is 28.9 Å². The first-order chi connectivity index (χ1) is 13.2. The molecule has 8 heteroatoms. The highest BCUT2D eigenvalue weighted by Gasteiger charge is 2.32. The Morgan fingerprint density at radius 2 is 1.71 bits per heavy atom. The lowest BCUT2D eigenvalue weighted by Gasteiger charge is -2.30. The van der Waals surface area contributed by atoms with Gasteiger partial charge in [0, 0.05) is 24.7 Å². The van der Waals surface area contributed by atoms with Gasteiger partial charge in [-0.3, -0.25) is 4.79 Å². The Bertz CT molecular complexity index is 1000. The summed E-state index contributed by atoms with van der Waals surface area (Å²) in [4.78, 5) is 12.3. The molecule has 0 aromatic heterocycles. The van der Waals surface area contributed by atoms with Gasteiger partial charge >= 0.3 is 0 Å². The quantitative estimate of drug-likeness (QED) is 0.840. The third-order valence-corrected chi connectivity index (χ3v) is 6.89. The Morgan fingerprint density at radius 3 is 2.32 bits per heavy atom. The summed E-state index contributed by atoms with van der Waals surface area (Å²) in [7, 11) is -3.93. The molecule has 1 aliphatic rings. The molecule has 1 amide bonds. The molecule has 5 nitrogen and oxygen atoms in total. The third kappa shape index (κ3) is 4.23. The lowest BCUT2D eigenvalue weighted by Crippen LogP contribution is -2.41. The number of amides is 1. The number of sulfonamides is 1. The average molecular weight is 408 g/mol. The molecule has 1 N–H and O–H groups in total. The van der Waals surface area contributed by atoms with Crippen LogP contribution in [0.25, 0.3) is 0 Å². The molecule has 0 aliphatic carbocycles. The van der Waals surface area contributed by atoms with E-state index in [9.17, 15) is 22.0 Å². The summed E-state index contributed by atoms with van der Waals surface area (Å²) in [5.41, 5.74) is 2.81. The smallest absolute Gasteiger partial charge is 0.243 e. The normalized spacial score (nSPS) is 16.1. The van der Waals surface area contributed by atoms with Crippen molar-refractivity contribution in [2.75, 3.05) is 18.4 Å². The summed E-state index contributed by atoms with van der Waals surface area (Å²) in [6.07, 6.45) is 0.722. The third-order valence-electron chi connectivity index (χ3n) is 4.99. The summed E-state index contributed by atoms with van der Waals surface area (Å²) in [5, 5.41) is 2.91. The van der Waals surface area contributed by atoms with E-state index >= 15 is 0 Å². The van der Waals surface area contributed by atoms with Crippen LogP contribution in [-0.2, 0) is 14.8 Å². The van der Waals surface area contributed by atoms with Crippen LogP contribution < -0.4 is 5.32 Å². The van der Waals surface area contributed by atoms with Crippen LogP contribution in [0.2, 0.25) is 0 Å². The van der Waals surface area contributed by atoms with Crippen molar-refractivity contribution in [2.24, 2.45) is 5.92 Å². The van der Waals surface area contributed by atoms with Crippen molar-refractivity contribution in [3.63, 3.8) is 0 Å². The Morgan fingerprint density at radius 1 is 1.04 bits per heavy atom. The number of anilines is 1. The minimum absolute atomic E-state index is 0.142. The van der Waals surface area contributed by atoms with Crippen LogP contribution in [0.1, 0.15) is 24.0 Å². The van der Waals surface area contributed by atoms with Gasteiger partial charge in [-0.25, -0.2) is 17.2 Å². The first-order valence-electron chi connectivity index (χ1n) is 9.02. The molecule has 0 radical (unpaired) electrons. The fourth-order valence-corrected chi connectivity index (χ4v) is 4.82. The fourth-order valence-electron chi connectivity index (χ4n) is 3.33. The second kappa shape index (κ2) is 7.97. The zero-order chi connectivity index (χ0) is 20.5. The van der Waals surface area contributed by atoms with Crippen LogP contribution in [0.5, 0.6) is 0 Å². The predicted octanol–water partition coefficient (Wildman–Crippen LogP) is 3.62. The van der Waals surface area contributed by atoms with Crippen molar-refractivity contribution in [1.82, 2.24) is 4.31 Å². The summed E-state index contributed by atoms with van der Waals surface area (Å²) >= 11 is 0. The van der Waals surface area contributed by atoms with Gasteiger partial charge in [-0.15, -0.1) is 0 Å². The molecule has 1 heterocycles. The standard InChI is InChI=1S/C20H22F2N2O3S/c1-13-3-6-19(14(2)11-13)23-20(25)15-7-9-24(10-8-15)28(26,27)16-4-5-17(21)18(22)12-16/h3-6,11-12,15H,7-10H2,1-2H3,(H,23,25). The van der Waals surface area contributed by atoms with E-state index in [-0.39, 0.29) is 29.8 Å². The molecule has 1 saturated heterocycles. The molecule has 2 aromatic rings. The Balaban J connectivity index is 1.64. The van der Waals surface area contributed by atoms with Crippen molar-refractivity contribution >= 4 is 21.6 Å². The monoisotopic (exact) mass is 408 g/mol. The maximum atomic E-state index is 13.4. The number of rotatable bonds is 4. The van der Waals surface area contributed by atoms with Gasteiger partial charge in [0.25, 0.3) is 0 Å². The summed E-state index contributed by atoms with van der Waals surface area (Å²) in [6, 6.07) is 8.28.